The van der Waals surface area contributed by atoms with Gasteiger partial charge in [0.1, 0.15) is 23.9 Å². The van der Waals surface area contributed by atoms with Crippen molar-refractivity contribution in [3.05, 3.63) is 53.3 Å². The number of carbonyl (C=O) groups excluding carboxylic acids is 1. The molecule has 4 rings (SSSR count). The van der Waals surface area contributed by atoms with E-state index in [0.717, 1.165) is 24.8 Å². The fraction of sp³-hybridized carbons (Fsp3) is 0.520. The van der Waals surface area contributed by atoms with Crippen LogP contribution in [0.15, 0.2) is 36.7 Å². The molecule has 0 bridgehead atoms. The third-order valence-electron chi connectivity index (χ3n) is 6.48. The third-order valence-corrected chi connectivity index (χ3v) is 6.48. The Balaban J connectivity index is 1.76. The van der Waals surface area contributed by atoms with Crippen LogP contribution in [0.5, 0.6) is 11.5 Å². The predicted molar refractivity (Wildman–Crippen MR) is 118 cm³/mol. The minimum Gasteiger partial charge on any atom is -0.487 e. The zero-order valence-corrected chi connectivity index (χ0v) is 19.1. The molecule has 1 aromatic heterocycles. The minimum absolute atomic E-state index is 0.0847. The first-order chi connectivity index (χ1) is 15.4. The van der Waals surface area contributed by atoms with Gasteiger partial charge >= 0.3 is 0 Å². The molecule has 7 heteroatoms. The lowest BCUT2D eigenvalue weighted by atomic mass is 9.65. The smallest absolute Gasteiger partial charge is 0.194 e. The standard InChI is InChI=1S/C25H31NO6/c1-25(2)20-8-7-18(30-14-28-3)12-19(20)23-21(31-15-29-4)10-17(11-22(23)32-25)24(27)16-6-5-9-26-13-16/h5-6,9-11,13,18-20H,7-8,12,14-15H2,1-4H3/t18-,19-,20-/m1/s1. The average molecular weight is 442 g/mol. The van der Waals surface area contributed by atoms with Crippen LogP contribution in [-0.4, -0.2) is 50.3 Å². The lowest BCUT2D eigenvalue weighted by Gasteiger charge is -2.49. The lowest BCUT2D eigenvalue weighted by Crippen LogP contribution is -2.48. The topological polar surface area (TPSA) is 76.1 Å². The van der Waals surface area contributed by atoms with Crippen LogP contribution >= 0.6 is 0 Å². The Bertz CT molecular complexity index is 945. The quantitative estimate of drug-likeness (QED) is 0.446. The molecule has 0 amide bonds. The van der Waals surface area contributed by atoms with Gasteiger partial charge < -0.3 is 23.7 Å². The summed E-state index contributed by atoms with van der Waals surface area (Å²) in [5.74, 6) is 1.66. The van der Waals surface area contributed by atoms with Gasteiger partial charge in [0.05, 0.1) is 6.10 Å². The van der Waals surface area contributed by atoms with E-state index in [1.807, 2.05) is 6.07 Å². The molecule has 0 saturated heterocycles. The van der Waals surface area contributed by atoms with Crippen LogP contribution in [0.25, 0.3) is 0 Å². The summed E-state index contributed by atoms with van der Waals surface area (Å²) < 4.78 is 28.7. The van der Waals surface area contributed by atoms with E-state index in [2.05, 4.69) is 18.8 Å². The largest absolute Gasteiger partial charge is 0.487 e. The lowest BCUT2D eigenvalue weighted by molar-refractivity contribution is -0.105. The molecule has 0 N–H and O–H groups in total. The maximum atomic E-state index is 13.2. The van der Waals surface area contributed by atoms with Gasteiger partial charge in [0.15, 0.2) is 12.6 Å². The van der Waals surface area contributed by atoms with Crippen molar-refractivity contribution < 1.29 is 28.5 Å². The van der Waals surface area contributed by atoms with Gasteiger partial charge in [-0.2, -0.15) is 0 Å². The summed E-state index contributed by atoms with van der Waals surface area (Å²) in [5, 5.41) is 0. The molecule has 7 nitrogen and oxygen atoms in total. The van der Waals surface area contributed by atoms with Crippen molar-refractivity contribution >= 4 is 5.78 Å². The molecule has 1 aromatic carbocycles. The Hall–Kier alpha value is -2.48. The van der Waals surface area contributed by atoms with Crippen molar-refractivity contribution in [2.24, 2.45) is 5.92 Å². The minimum atomic E-state index is -0.377. The van der Waals surface area contributed by atoms with Crippen molar-refractivity contribution in [3.63, 3.8) is 0 Å². The number of carbonyl (C=O) groups is 1. The normalized spacial score (nSPS) is 23.6. The molecule has 2 aliphatic rings. The molecule has 1 aliphatic heterocycles. The van der Waals surface area contributed by atoms with Crippen LogP contribution in [0.1, 0.15) is 60.5 Å². The van der Waals surface area contributed by atoms with Crippen LogP contribution in [0.3, 0.4) is 0 Å². The first-order valence-electron chi connectivity index (χ1n) is 11.0. The van der Waals surface area contributed by atoms with Crippen LogP contribution in [-0.2, 0) is 14.2 Å². The molecule has 1 saturated carbocycles. The number of hydrogen-bond donors (Lipinski definition) is 0. The van der Waals surface area contributed by atoms with Crippen molar-refractivity contribution in [1.29, 1.82) is 0 Å². The maximum absolute atomic E-state index is 13.2. The van der Waals surface area contributed by atoms with Gasteiger partial charge in [-0.25, -0.2) is 0 Å². The molecule has 2 aromatic rings. The highest BCUT2D eigenvalue weighted by Crippen LogP contribution is 2.55. The predicted octanol–water partition coefficient (Wildman–Crippen LogP) is 4.34. The van der Waals surface area contributed by atoms with Crippen LogP contribution in [0.4, 0.5) is 0 Å². The second kappa shape index (κ2) is 9.57. The number of ketones is 1. The van der Waals surface area contributed by atoms with E-state index >= 15 is 0 Å². The second-order valence-electron chi connectivity index (χ2n) is 8.93. The highest BCUT2D eigenvalue weighted by atomic mass is 16.7. The Morgan fingerprint density at radius 1 is 1.16 bits per heavy atom. The van der Waals surface area contributed by atoms with E-state index < -0.39 is 0 Å². The summed E-state index contributed by atoms with van der Waals surface area (Å²) in [5.41, 5.74) is 1.63. The number of nitrogens with zero attached hydrogens (tertiary/aromatic N) is 1. The fourth-order valence-corrected chi connectivity index (χ4v) is 5.05. The second-order valence-corrected chi connectivity index (χ2v) is 8.93. The van der Waals surface area contributed by atoms with Crippen LogP contribution in [0, 0.1) is 5.92 Å². The monoisotopic (exact) mass is 441 g/mol. The molecule has 3 atom stereocenters. The molecule has 2 heterocycles. The van der Waals surface area contributed by atoms with E-state index in [1.54, 1.807) is 44.8 Å². The van der Waals surface area contributed by atoms with Gasteiger partial charge in [-0.05, 0) is 57.4 Å². The number of pyridine rings is 1. The zero-order valence-electron chi connectivity index (χ0n) is 19.1. The van der Waals surface area contributed by atoms with Gasteiger partial charge in [0.25, 0.3) is 0 Å². The molecule has 0 unspecified atom stereocenters. The molecule has 172 valence electrons. The van der Waals surface area contributed by atoms with Crippen molar-refractivity contribution in [1.82, 2.24) is 4.98 Å². The van der Waals surface area contributed by atoms with Gasteiger partial charge in [-0.3, -0.25) is 9.78 Å². The van der Waals surface area contributed by atoms with Crippen molar-refractivity contribution in [3.8, 4) is 11.5 Å². The van der Waals surface area contributed by atoms with Gasteiger partial charge in [0, 0.05) is 55.1 Å². The summed E-state index contributed by atoms with van der Waals surface area (Å²) in [6, 6.07) is 7.14. The number of ether oxygens (including phenoxy) is 5. The summed E-state index contributed by atoms with van der Waals surface area (Å²) in [4.78, 5) is 17.2. The van der Waals surface area contributed by atoms with E-state index in [9.17, 15) is 4.79 Å². The Morgan fingerprint density at radius 3 is 2.69 bits per heavy atom. The van der Waals surface area contributed by atoms with E-state index in [0.29, 0.717) is 28.5 Å². The number of rotatable bonds is 8. The number of hydrogen-bond acceptors (Lipinski definition) is 7. The summed E-state index contributed by atoms with van der Waals surface area (Å²) in [7, 11) is 3.21. The Labute approximate surface area is 189 Å². The van der Waals surface area contributed by atoms with Gasteiger partial charge in [-0.1, -0.05) is 0 Å². The Morgan fingerprint density at radius 2 is 1.97 bits per heavy atom. The summed E-state index contributed by atoms with van der Waals surface area (Å²) >= 11 is 0. The van der Waals surface area contributed by atoms with Crippen molar-refractivity contribution in [2.45, 2.75) is 50.7 Å². The number of fused-ring (bicyclic) bond motifs is 3. The van der Waals surface area contributed by atoms with E-state index in [4.69, 9.17) is 23.7 Å². The average Bonchev–Trinajstić information content (AvgIpc) is 2.80. The van der Waals surface area contributed by atoms with Crippen molar-refractivity contribution in [2.75, 3.05) is 27.8 Å². The molecule has 32 heavy (non-hydrogen) atoms. The van der Waals surface area contributed by atoms with Gasteiger partial charge in [0.2, 0.25) is 0 Å². The fourth-order valence-electron chi connectivity index (χ4n) is 5.05. The molecule has 1 aliphatic carbocycles. The highest BCUT2D eigenvalue weighted by molar-refractivity contribution is 6.09. The first kappa shape index (κ1) is 22.7. The van der Waals surface area contributed by atoms with Gasteiger partial charge in [-0.15, -0.1) is 0 Å². The maximum Gasteiger partial charge on any atom is 0.194 e. The first-order valence-corrected chi connectivity index (χ1v) is 11.0. The molecular formula is C25H31NO6. The summed E-state index contributed by atoms with van der Waals surface area (Å²) in [6.07, 6.45) is 6.09. The number of aromatic nitrogens is 1. The molecule has 1 fully saturated rings. The molecule has 0 spiro atoms. The van der Waals surface area contributed by atoms with Crippen LogP contribution in [0.2, 0.25) is 0 Å². The molecular weight excluding hydrogens is 410 g/mol. The number of benzene rings is 1. The van der Waals surface area contributed by atoms with Crippen LogP contribution < -0.4 is 9.47 Å². The zero-order chi connectivity index (χ0) is 22.7. The summed E-state index contributed by atoms with van der Waals surface area (Å²) in [6.45, 7) is 4.60. The Kier molecular flexibility index (Phi) is 6.79. The SMILES string of the molecule is COCOc1cc(C(=O)c2cccnc2)cc2c1[C@@H]1C[C@H](OCOC)CC[C@H]1C(C)(C)O2. The van der Waals surface area contributed by atoms with E-state index in [1.165, 1.54) is 0 Å². The number of methoxy groups -OCH3 is 2. The molecule has 0 radical (unpaired) electrons. The highest BCUT2D eigenvalue weighted by Gasteiger charge is 2.48. The van der Waals surface area contributed by atoms with E-state index in [-0.39, 0.29) is 37.0 Å². The third kappa shape index (κ3) is 4.51.